The maximum atomic E-state index is 12.5. The number of aromatic nitrogens is 1. The molecule has 0 spiro atoms. The third kappa shape index (κ3) is 3.96. The molecule has 24 heavy (non-hydrogen) atoms. The van der Waals surface area contributed by atoms with E-state index in [0.717, 1.165) is 12.2 Å². The highest BCUT2D eigenvalue weighted by Crippen LogP contribution is 2.31. The summed E-state index contributed by atoms with van der Waals surface area (Å²) in [6.45, 7) is 0. The summed E-state index contributed by atoms with van der Waals surface area (Å²) >= 11 is 5.71. The first-order chi connectivity index (χ1) is 11.2. The SMILES string of the molecule is O=C(C=Cc1ncc(C(F)(F)F)cc1Cl)c1ccccc1[N+](=O)[O-]. The van der Waals surface area contributed by atoms with Gasteiger partial charge in [-0.3, -0.25) is 19.9 Å². The second-order valence-electron chi connectivity index (χ2n) is 4.56. The average molecular weight is 357 g/mol. The molecule has 0 atom stereocenters. The molecule has 0 aliphatic carbocycles. The number of ketones is 1. The molecule has 0 N–H and O–H groups in total. The number of benzene rings is 1. The van der Waals surface area contributed by atoms with Gasteiger partial charge in [0.05, 0.1) is 26.8 Å². The van der Waals surface area contributed by atoms with Gasteiger partial charge >= 0.3 is 6.18 Å². The summed E-state index contributed by atoms with van der Waals surface area (Å²) in [6, 6.07) is 5.99. The van der Waals surface area contributed by atoms with Crippen LogP contribution in [0.25, 0.3) is 6.08 Å². The summed E-state index contributed by atoms with van der Waals surface area (Å²) in [7, 11) is 0. The van der Waals surface area contributed by atoms with E-state index in [4.69, 9.17) is 11.6 Å². The Balaban J connectivity index is 2.29. The molecule has 1 heterocycles. The number of para-hydroxylation sites is 1. The zero-order valence-corrected chi connectivity index (χ0v) is 12.5. The number of nitro benzene ring substituents is 1. The van der Waals surface area contributed by atoms with Gasteiger partial charge in [0.2, 0.25) is 0 Å². The molecule has 0 unspecified atom stereocenters. The quantitative estimate of drug-likeness (QED) is 0.348. The summed E-state index contributed by atoms with van der Waals surface area (Å²) in [5.74, 6) is -0.694. The highest BCUT2D eigenvalue weighted by atomic mass is 35.5. The zero-order chi connectivity index (χ0) is 17.9. The molecule has 2 aromatic rings. The van der Waals surface area contributed by atoms with E-state index >= 15 is 0 Å². The number of carbonyl (C=O) groups excluding carboxylic acids is 1. The first kappa shape index (κ1) is 17.6. The maximum Gasteiger partial charge on any atom is 0.417 e. The van der Waals surface area contributed by atoms with Gasteiger partial charge in [-0.15, -0.1) is 0 Å². The Morgan fingerprint density at radius 1 is 1.29 bits per heavy atom. The Morgan fingerprint density at radius 3 is 2.54 bits per heavy atom. The minimum Gasteiger partial charge on any atom is -0.289 e. The van der Waals surface area contributed by atoms with E-state index in [1.165, 1.54) is 24.3 Å². The van der Waals surface area contributed by atoms with Gasteiger partial charge in [0.25, 0.3) is 5.69 Å². The van der Waals surface area contributed by atoms with E-state index in [2.05, 4.69) is 4.98 Å². The number of rotatable bonds is 4. The van der Waals surface area contributed by atoms with Crippen molar-refractivity contribution in [3.63, 3.8) is 0 Å². The van der Waals surface area contributed by atoms with Crippen LogP contribution in [0.3, 0.4) is 0 Å². The average Bonchev–Trinajstić information content (AvgIpc) is 2.52. The summed E-state index contributed by atoms with van der Waals surface area (Å²) in [5.41, 5.74) is -1.60. The Hall–Kier alpha value is -2.74. The molecular formula is C15H8ClF3N2O3. The third-order valence-corrected chi connectivity index (χ3v) is 3.26. The molecule has 1 aromatic carbocycles. The van der Waals surface area contributed by atoms with Crippen molar-refractivity contribution in [3.8, 4) is 0 Å². The second-order valence-corrected chi connectivity index (χ2v) is 4.97. The van der Waals surface area contributed by atoms with Gasteiger partial charge in [-0.1, -0.05) is 23.7 Å². The number of hydrogen-bond donors (Lipinski definition) is 0. The fourth-order valence-electron chi connectivity index (χ4n) is 1.81. The molecule has 0 fully saturated rings. The minimum atomic E-state index is -4.58. The molecule has 0 bridgehead atoms. The van der Waals surface area contributed by atoms with Gasteiger partial charge in [0.15, 0.2) is 5.78 Å². The van der Waals surface area contributed by atoms with Gasteiger partial charge in [-0.05, 0) is 24.3 Å². The van der Waals surface area contributed by atoms with Crippen LogP contribution in [0.2, 0.25) is 5.02 Å². The van der Waals surface area contributed by atoms with E-state index in [0.29, 0.717) is 12.3 Å². The van der Waals surface area contributed by atoms with E-state index in [1.54, 1.807) is 0 Å². The molecule has 0 amide bonds. The number of nitro groups is 1. The fraction of sp³-hybridized carbons (Fsp3) is 0.0667. The lowest BCUT2D eigenvalue weighted by atomic mass is 10.1. The Bertz CT molecular complexity index is 835. The van der Waals surface area contributed by atoms with Gasteiger partial charge in [0, 0.05) is 12.3 Å². The number of hydrogen-bond acceptors (Lipinski definition) is 4. The highest BCUT2D eigenvalue weighted by Gasteiger charge is 2.31. The normalized spacial score (nSPS) is 11.7. The molecule has 0 saturated carbocycles. The van der Waals surface area contributed by atoms with Crippen LogP contribution in [0.4, 0.5) is 18.9 Å². The Morgan fingerprint density at radius 2 is 1.96 bits per heavy atom. The number of pyridine rings is 1. The van der Waals surface area contributed by atoms with Crippen molar-refractivity contribution >= 4 is 29.1 Å². The van der Waals surface area contributed by atoms with Crippen molar-refractivity contribution in [3.05, 3.63) is 74.6 Å². The maximum absolute atomic E-state index is 12.5. The van der Waals surface area contributed by atoms with Crippen LogP contribution in [-0.2, 0) is 6.18 Å². The number of halogens is 4. The number of carbonyl (C=O) groups is 1. The molecule has 0 saturated heterocycles. The van der Waals surface area contributed by atoms with Crippen molar-refractivity contribution in [1.29, 1.82) is 0 Å². The summed E-state index contributed by atoms with van der Waals surface area (Å²) in [6.07, 6.45) is -1.94. The van der Waals surface area contributed by atoms with Crippen molar-refractivity contribution in [2.45, 2.75) is 6.18 Å². The van der Waals surface area contributed by atoms with E-state index in [9.17, 15) is 28.1 Å². The van der Waals surface area contributed by atoms with E-state index in [1.807, 2.05) is 0 Å². The lowest BCUT2D eigenvalue weighted by molar-refractivity contribution is -0.385. The first-order valence-corrected chi connectivity index (χ1v) is 6.76. The highest BCUT2D eigenvalue weighted by molar-refractivity contribution is 6.32. The lowest BCUT2D eigenvalue weighted by Gasteiger charge is -2.07. The van der Waals surface area contributed by atoms with Crippen molar-refractivity contribution in [2.75, 3.05) is 0 Å². The molecule has 0 aliphatic heterocycles. The number of nitrogens with zero attached hydrogens (tertiary/aromatic N) is 2. The van der Waals surface area contributed by atoms with Crippen LogP contribution >= 0.6 is 11.6 Å². The van der Waals surface area contributed by atoms with Gasteiger partial charge in [-0.2, -0.15) is 13.2 Å². The first-order valence-electron chi connectivity index (χ1n) is 6.38. The van der Waals surface area contributed by atoms with Crippen LogP contribution in [0.5, 0.6) is 0 Å². The van der Waals surface area contributed by atoms with Gasteiger partial charge < -0.3 is 0 Å². The molecule has 9 heteroatoms. The topological polar surface area (TPSA) is 73.1 Å². The largest absolute Gasteiger partial charge is 0.417 e. The van der Waals surface area contributed by atoms with Crippen molar-refractivity contribution in [1.82, 2.24) is 4.98 Å². The molecule has 5 nitrogen and oxygen atoms in total. The van der Waals surface area contributed by atoms with Gasteiger partial charge in [-0.25, -0.2) is 0 Å². The standard InChI is InChI=1S/C15H8ClF3N2O3/c16-11-7-9(15(17,18)19)8-20-12(11)5-6-14(22)10-3-1-2-4-13(10)21(23)24/h1-8H. The minimum absolute atomic E-state index is 0.0587. The smallest absolute Gasteiger partial charge is 0.289 e. The van der Waals surface area contributed by atoms with Crippen LogP contribution in [0.1, 0.15) is 21.6 Å². The predicted molar refractivity (Wildman–Crippen MR) is 80.7 cm³/mol. The van der Waals surface area contributed by atoms with Gasteiger partial charge in [0.1, 0.15) is 0 Å². The van der Waals surface area contributed by atoms with Crippen molar-refractivity contribution in [2.24, 2.45) is 0 Å². The number of alkyl halides is 3. The van der Waals surface area contributed by atoms with E-state index in [-0.39, 0.29) is 22.0 Å². The third-order valence-electron chi connectivity index (χ3n) is 2.96. The molecule has 0 radical (unpaired) electrons. The molecule has 1 aromatic heterocycles. The van der Waals surface area contributed by atoms with Crippen LogP contribution in [0, 0.1) is 10.1 Å². The molecular weight excluding hydrogens is 349 g/mol. The monoisotopic (exact) mass is 356 g/mol. The van der Waals surface area contributed by atoms with Crippen molar-refractivity contribution < 1.29 is 22.9 Å². The molecule has 124 valence electrons. The predicted octanol–water partition coefficient (Wildman–Crippen LogP) is 4.56. The number of allylic oxidation sites excluding steroid dienone is 1. The second kappa shape index (κ2) is 6.79. The van der Waals surface area contributed by atoms with E-state index < -0.39 is 22.4 Å². The van der Waals surface area contributed by atoms with Crippen LogP contribution in [-0.4, -0.2) is 15.7 Å². The zero-order valence-electron chi connectivity index (χ0n) is 11.7. The fourth-order valence-corrected chi connectivity index (χ4v) is 2.04. The van der Waals surface area contributed by atoms with Crippen LogP contribution in [0.15, 0.2) is 42.6 Å². The molecule has 2 rings (SSSR count). The van der Waals surface area contributed by atoms with Crippen LogP contribution < -0.4 is 0 Å². The summed E-state index contributed by atoms with van der Waals surface area (Å²) in [5, 5.41) is 10.6. The summed E-state index contributed by atoms with van der Waals surface area (Å²) in [4.78, 5) is 25.8. The Kier molecular flexibility index (Phi) is 4.99. The lowest BCUT2D eigenvalue weighted by Crippen LogP contribution is -2.06. The molecule has 0 aliphatic rings. The Labute approximate surface area is 138 Å². The summed E-state index contributed by atoms with van der Waals surface area (Å²) < 4.78 is 37.6.